The van der Waals surface area contributed by atoms with Crippen LogP contribution in [0, 0.1) is 17.3 Å². The van der Waals surface area contributed by atoms with Crippen LogP contribution in [0.25, 0.3) is 0 Å². The molecule has 0 N–H and O–H groups in total. The van der Waals surface area contributed by atoms with Crippen molar-refractivity contribution in [1.29, 1.82) is 0 Å². The van der Waals surface area contributed by atoms with Crippen molar-refractivity contribution < 1.29 is 0 Å². The fourth-order valence-electron chi connectivity index (χ4n) is 2.77. The second-order valence-electron chi connectivity index (χ2n) is 3.54. The average Bonchev–Trinajstić information content (AvgIpc) is 2.41. The van der Waals surface area contributed by atoms with Gasteiger partial charge >= 0.3 is 0 Å². The van der Waals surface area contributed by atoms with Crippen LogP contribution >= 0.6 is 0 Å². The molecule has 3 atom stereocenters. The van der Waals surface area contributed by atoms with E-state index in [1.165, 1.54) is 11.8 Å². The Morgan fingerprint density at radius 1 is 1.29 bits per heavy atom. The minimum absolute atomic E-state index is 1.03. The van der Waals surface area contributed by atoms with Crippen LogP contribution in [-0.2, 0) is 0 Å². The van der Waals surface area contributed by atoms with Crippen LogP contribution in [-0.4, -0.2) is 0 Å². The van der Waals surface area contributed by atoms with Gasteiger partial charge in [0.05, 0.1) is 0 Å². The molecule has 0 bridgehead atoms. The van der Waals surface area contributed by atoms with E-state index in [-0.39, 0.29) is 0 Å². The summed E-state index contributed by atoms with van der Waals surface area (Å²) in [5.74, 6) is 2.52. The zero-order chi connectivity index (χ0) is 4.48. The van der Waals surface area contributed by atoms with Crippen molar-refractivity contribution in [2.75, 3.05) is 0 Å². The van der Waals surface area contributed by atoms with Crippen LogP contribution in [0.5, 0.6) is 0 Å². The van der Waals surface area contributed by atoms with Crippen molar-refractivity contribution >= 4 is 0 Å². The molecule has 38 valence electrons. The Kier molecular flexibility index (Phi) is 0.260. The van der Waals surface area contributed by atoms with Crippen LogP contribution in [0.3, 0.4) is 0 Å². The van der Waals surface area contributed by atoms with E-state index in [9.17, 15) is 0 Å². The summed E-state index contributed by atoms with van der Waals surface area (Å²) < 4.78 is 0. The predicted molar refractivity (Wildman–Crippen MR) is 27.9 cm³/mol. The lowest BCUT2D eigenvalue weighted by molar-refractivity contribution is 0.563. The number of hydrogen-bond donors (Lipinski definition) is 0. The Morgan fingerprint density at radius 2 is 2.29 bits per heavy atom. The summed E-state index contributed by atoms with van der Waals surface area (Å²) in [7, 11) is 0. The van der Waals surface area contributed by atoms with Crippen LogP contribution in [0.15, 0.2) is 0 Å². The van der Waals surface area contributed by atoms with Gasteiger partial charge in [0.1, 0.15) is 0 Å². The van der Waals surface area contributed by atoms with Gasteiger partial charge in [0.2, 0.25) is 0 Å². The summed E-state index contributed by atoms with van der Waals surface area (Å²) in [6.07, 6.45) is 6.37. The smallest absolute Gasteiger partial charge is 0.0232 e. The quantitative estimate of drug-likeness (QED) is 0.429. The topological polar surface area (TPSA) is 0 Å². The third-order valence-electron chi connectivity index (χ3n) is 3.45. The first-order chi connectivity index (χ1) is 3.43. The van der Waals surface area contributed by atoms with Gasteiger partial charge in [-0.3, -0.25) is 0 Å². The lowest BCUT2D eigenvalue weighted by Gasteiger charge is -1.93. The summed E-state index contributed by atoms with van der Waals surface area (Å²) in [4.78, 5) is 0. The van der Waals surface area contributed by atoms with Crippen LogP contribution < -0.4 is 0 Å². The standard InChI is InChI=1S/C7H10/c1-2-5-6-4-7(5,6)3-1/h5-6H,1-4H2. The van der Waals surface area contributed by atoms with E-state index < -0.39 is 0 Å². The van der Waals surface area contributed by atoms with Crippen molar-refractivity contribution in [1.82, 2.24) is 0 Å². The normalized spacial score (nSPS) is 72.0. The molecule has 3 fully saturated rings. The monoisotopic (exact) mass is 94.1 g/mol. The van der Waals surface area contributed by atoms with Crippen LogP contribution in [0.1, 0.15) is 25.7 Å². The molecule has 7 heavy (non-hydrogen) atoms. The van der Waals surface area contributed by atoms with E-state index in [1.54, 1.807) is 25.7 Å². The van der Waals surface area contributed by atoms with Crippen molar-refractivity contribution in [3.8, 4) is 0 Å². The molecule has 0 aromatic rings. The molecule has 3 rings (SSSR count). The largest absolute Gasteiger partial charge is 0.0525 e. The average molecular weight is 94.2 g/mol. The Bertz CT molecular complexity index is 128. The van der Waals surface area contributed by atoms with Gasteiger partial charge in [-0.15, -0.1) is 0 Å². The summed E-state index contributed by atoms with van der Waals surface area (Å²) >= 11 is 0. The molecule has 3 aliphatic rings. The molecule has 0 heterocycles. The second-order valence-corrected chi connectivity index (χ2v) is 3.54. The Labute approximate surface area is 43.9 Å². The molecule has 3 aliphatic carbocycles. The molecule has 0 heteroatoms. The zero-order valence-electron chi connectivity index (χ0n) is 4.48. The van der Waals surface area contributed by atoms with Gasteiger partial charge in [-0.1, -0.05) is 6.42 Å². The molecule has 0 aliphatic heterocycles. The van der Waals surface area contributed by atoms with E-state index in [0.29, 0.717) is 0 Å². The molecule has 0 aromatic carbocycles. The number of rotatable bonds is 0. The maximum absolute atomic E-state index is 1.62. The van der Waals surface area contributed by atoms with E-state index in [2.05, 4.69) is 0 Å². The van der Waals surface area contributed by atoms with Crippen LogP contribution in [0.2, 0.25) is 0 Å². The predicted octanol–water partition coefficient (Wildman–Crippen LogP) is 1.81. The molecular formula is C7H10. The maximum Gasteiger partial charge on any atom is -0.0232 e. The van der Waals surface area contributed by atoms with E-state index in [4.69, 9.17) is 0 Å². The molecule has 0 aromatic heterocycles. The molecule has 0 saturated heterocycles. The highest BCUT2D eigenvalue weighted by molar-refractivity contribution is 5.27. The fourth-order valence-corrected chi connectivity index (χ4v) is 2.77. The second kappa shape index (κ2) is 0.586. The lowest BCUT2D eigenvalue weighted by atomic mass is 10.1. The summed E-state index contributed by atoms with van der Waals surface area (Å²) in [5.41, 5.74) is 1.03. The highest BCUT2D eigenvalue weighted by atomic mass is 14.8. The molecule has 1 spiro atoms. The molecular weight excluding hydrogens is 84.1 g/mol. The first-order valence-corrected chi connectivity index (χ1v) is 3.43. The van der Waals surface area contributed by atoms with Gasteiger partial charge in [0.15, 0.2) is 0 Å². The maximum atomic E-state index is 1.62. The summed E-state index contributed by atoms with van der Waals surface area (Å²) in [5, 5.41) is 0. The Morgan fingerprint density at radius 3 is 2.57 bits per heavy atom. The van der Waals surface area contributed by atoms with E-state index in [0.717, 1.165) is 5.41 Å². The molecule has 3 saturated carbocycles. The highest BCUT2D eigenvalue weighted by Crippen LogP contribution is 2.86. The summed E-state index contributed by atoms with van der Waals surface area (Å²) in [6.45, 7) is 0. The lowest BCUT2D eigenvalue weighted by Crippen LogP contribution is -1.85. The fraction of sp³-hybridized carbons (Fsp3) is 1.00. The van der Waals surface area contributed by atoms with Gasteiger partial charge in [-0.2, -0.15) is 0 Å². The number of hydrogen-bond acceptors (Lipinski definition) is 0. The molecule has 0 radical (unpaired) electrons. The highest BCUT2D eigenvalue weighted by Gasteiger charge is 2.79. The first-order valence-electron chi connectivity index (χ1n) is 3.43. The van der Waals surface area contributed by atoms with Crippen molar-refractivity contribution in [3.63, 3.8) is 0 Å². The SMILES string of the molecule is C1CC2C3CC23C1. The van der Waals surface area contributed by atoms with E-state index in [1.807, 2.05) is 0 Å². The first kappa shape index (κ1) is 3.11. The zero-order valence-corrected chi connectivity index (χ0v) is 4.48. The van der Waals surface area contributed by atoms with Gasteiger partial charge in [-0.25, -0.2) is 0 Å². The molecule has 0 nitrogen and oxygen atoms in total. The van der Waals surface area contributed by atoms with Gasteiger partial charge < -0.3 is 0 Å². The number of fused-ring (bicyclic) bond motifs is 1. The Balaban J connectivity index is 2.07. The summed E-state index contributed by atoms with van der Waals surface area (Å²) in [6, 6.07) is 0. The minimum atomic E-state index is 1.03. The van der Waals surface area contributed by atoms with Crippen molar-refractivity contribution in [2.45, 2.75) is 25.7 Å². The van der Waals surface area contributed by atoms with E-state index >= 15 is 0 Å². The van der Waals surface area contributed by atoms with Gasteiger partial charge in [0.25, 0.3) is 0 Å². The minimum Gasteiger partial charge on any atom is -0.0525 e. The third kappa shape index (κ3) is 0.167. The Hall–Kier alpha value is 0. The van der Waals surface area contributed by atoms with Gasteiger partial charge in [-0.05, 0) is 36.5 Å². The molecule has 0 amide bonds. The van der Waals surface area contributed by atoms with Crippen LogP contribution in [0.4, 0.5) is 0 Å². The van der Waals surface area contributed by atoms with Gasteiger partial charge in [0, 0.05) is 0 Å². The molecule has 3 unspecified atom stereocenters. The third-order valence-corrected chi connectivity index (χ3v) is 3.45. The van der Waals surface area contributed by atoms with Crippen molar-refractivity contribution in [2.24, 2.45) is 17.3 Å². The van der Waals surface area contributed by atoms with Crippen molar-refractivity contribution in [3.05, 3.63) is 0 Å².